The maximum absolute atomic E-state index is 13.5. The number of nitrogens with zero attached hydrogens (tertiary/aromatic N) is 1. The second-order valence-corrected chi connectivity index (χ2v) is 5.07. The van der Waals surface area contributed by atoms with Crippen LogP contribution in [0.15, 0.2) is 59.1 Å². The minimum atomic E-state index is -0.563. The number of methoxy groups -OCH3 is 1. The summed E-state index contributed by atoms with van der Waals surface area (Å²) < 4.78 is 23.9. The van der Waals surface area contributed by atoms with Gasteiger partial charge in [-0.15, -0.1) is 0 Å². The zero-order valence-corrected chi connectivity index (χ0v) is 13.0. The molecule has 0 aliphatic rings. The van der Waals surface area contributed by atoms with Gasteiger partial charge in [0.1, 0.15) is 17.3 Å². The number of rotatable bonds is 5. The van der Waals surface area contributed by atoms with Gasteiger partial charge in [-0.1, -0.05) is 17.3 Å². The highest BCUT2D eigenvalue weighted by atomic mass is 19.1. The van der Waals surface area contributed by atoms with E-state index in [2.05, 4.69) is 10.5 Å². The number of hydrogen-bond donors (Lipinski definition) is 1. The van der Waals surface area contributed by atoms with Gasteiger partial charge < -0.3 is 14.6 Å². The average molecular weight is 326 g/mol. The Morgan fingerprint density at radius 3 is 2.67 bits per heavy atom. The van der Waals surface area contributed by atoms with Crippen molar-refractivity contribution in [2.24, 2.45) is 0 Å². The molecule has 24 heavy (non-hydrogen) atoms. The first-order chi connectivity index (χ1) is 11.7. The fourth-order valence-electron chi connectivity index (χ4n) is 2.20. The molecule has 0 bridgehead atoms. The lowest BCUT2D eigenvalue weighted by atomic mass is 10.1. The molecule has 2 aromatic carbocycles. The number of ether oxygens (including phenoxy) is 1. The van der Waals surface area contributed by atoms with Gasteiger partial charge in [0.2, 0.25) is 0 Å². The van der Waals surface area contributed by atoms with Gasteiger partial charge in [-0.25, -0.2) is 4.39 Å². The largest absolute Gasteiger partial charge is 0.497 e. The van der Waals surface area contributed by atoms with Gasteiger partial charge in [-0.05, 0) is 36.4 Å². The Morgan fingerprint density at radius 1 is 1.21 bits per heavy atom. The fraction of sp³-hybridized carbons (Fsp3) is 0.111. The summed E-state index contributed by atoms with van der Waals surface area (Å²) in [7, 11) is 1.60. The molecule has 0 saturated heterocycles. The topological polar surface area (TPSA) is 64.4 Å². The van der Waals surface area contributed by atoms with Crippen molar-refractivity contribution in [3.63, 3.8) is 0 Å². The van der Waals surface area contributed by atoms with Crippen molar-refractivity contribution in [3.05, 3.63) is 71.7 Å². The van der Waals surface area contributed by atoms with Crippen LogP contribution < -0.4 is 10.1 Å². The van der Waals surface area contributed by atoms with E-state index in [0.29, 0.717) is 11.5 Å². The number of carbonyl (C=O) groups is 1. The van der Waals surface area contributed by atoms with E-state index in [0.717, 1.165) is 11.3 Å². The van der Waals surface area contributed by atoms with Crippen LogP contribution in [0.5, 0.6) is 5.75 Å². The van der Waals surface area contributed by atoms with E-state index in [-0.39, 0.29) is 12.1 Å². The Kier molecular flexibility index (Phi) is 4.56. The predicted molar refractivity (Wildman–Crippen MR) is 86.1 cm³/mol. The molecule has 1 aromatic heterocycles. The molecule has 0 aliphatic heterocycles. The Bertz CT molecular complexity index is 843. The van der Waals surface area contributed by atoms with E-state index in [1.54, 1.807) is 19.2 Å². The van der Waals surface area contributed by atoms with Crippen molar-refractivity contribution in [2.45, 2.75) is 6.54 Å². The van der Waals surface area contributed by atoms with Crippen molar-refractivity contribution in [1.29, 1.82) is 0 Å². The predicted octanol–water partition coefficient (Wildman–Crippen LogP) is 3.42. The van der Waals surface area contributed by atoms with Crippen molar-refractivity contribution in [2.75, 3.05) is 7.11 Å². The van der Waals surface area contributed by atoms with Crippen molar-refractivity contribution < 1.29 is 18.4 Å². The van der Waals surface area contributed by atoms with E-state index in [1.807, 2.05) is 24.3 Å². The highest BCUT2D eigenvalue weighted by Gasteiger charge is 2.12. The summed E-state index contributed by atoms with van der Waals surface area (Å²) in [6.07, 6.45) is 0. The zero-order chi connectivity index (χ0) is 16.9. The molecule has 1 amide bonds. The average Bonchev–Trinajstić information content (AvgIpc) is 3.09. The van der Waals surface area contributed by atoms with E-state index in [4.69, 9.17) is 9.26 Å². The minimum absolute atomic E-state index is 0.00704. The van der Waals surface area contributed by atoms with Crippen LogP contribution in [0.4, 0.5) is 4.39 Å². The maximum atomic E-state index is 13.5. The maximum Gasteiger partial charge on any atom is 0.254 e. The van der Waals surface area contributed by atoms with Gasteiger partial charge in [-0.3, -0.25) is 4.79 Å². The van der Waals surface area contributed by atoms with Crippen LogP contribution in [0.2, 0.25) is 0 Å². The standard InChI is InChI=1S/C18H15FN2O3/c1-23-13-8-6-12(7-9-13)17-10-14(24-21-17)11-20-18(22)15-4-2-3-5-16(15)19/h2-10H,11H2,1H3,(H,20,22). The number of benzene rings is 2. The van der Waals surface area contributed by atoms with Gasteiger partial charge in [-0.2, -0.15) is 0 Å². The molecule has 3 rings (SSSR count). The first-order valence-corrected chi connectivity index (χ1v) is 7.30. The minimum Gasteiger partial charge on any atom is -0.497 e. The highest BCUT2D eigenvalue weighted by molar-refractivity contribution is 5.94. The van der Waals surface area contributed by atoms with Gasteiger partial charge in [0.05, 0.1) is 19.2 Å². The van der Waals surface area contributed by atoms with Crippen molar-refractivity contribution >= 4 is 5.91 Å². The van der Waals surface area contributed by atoms with E-state index in [9.17, 15) is 9.18 Å². The lowest BCUT2D eigenvalue weighted by Gasteiger charge is -2.03. The summed E-state index contributed by atoms with van der Waals surface area (Å²) in [4.78, 5) is 12.0. The molecule has 0 unspecified atom stereocenters. The van der Waals surface area contributed by atoms with Gasteiger partial charge in [0.25, 0.3) is 5.91 Å². The number of aromatic nitrogens is 1. The van der Waals surface area contributed by atoms with E-state index in [1.165, 1.54) is 18.2 Å². The Morgan fingerprint density at radius 2 is 1.96 bits per heavy atom. The van der Waals surface area contributed by atoms with Gasteiger partial charge >= 0.3 is 0 Å². The molecule has 0 radical (unpaired) electrons. The summed E-state index contributed by atoms with van der Waals surface area (Å²) in [5, 5.41) is 6.58. The summed E-state index contributed by atoms with van der Waals surface area (Å²) >= 11 is 0. The van der Waals surface area contributed by atoms with Gasteiger partial charge in [0.15, 0.2) is 5.76 Å². The van der Waals surface area contributed by atoms with Crippen LogP contribution in [0.1, 0.15) is 16.1 Å². The molecule has 5 nitrogen and oxygen atoms in total. The molecule has 0 saturated carbocycles. The SMILES string of the molecule is COc1ccc(-c2cc(CNC(=O)c3ccccc3F)on2)cc1. The third-order valence-electron chi connectivity index (χ3n) is 3.49. The lowest BCUT2D eigenvalue weighted by Crippen LogP contribution is -2.23. The molecule has 3 aromatic rings. The molecule has 0 fully saturated rings. The first kappa shape index (κ1) is 15.7. The summed E-state index contributed by atoms with van der Waals surface area (Å²) in [5.41, 5.74) is 1.51. The van der Waals surface area contributed by atoms with Crippen LogP contribution in [0.3, 0.4) is 0 Å². The summed E-state index contributed by atoms with van der Waals surface area (Å²) in [6.45, 7) is 0.121. The monoisotopic (exact) mass is 326 g/mol. The number of nitrogens with one attached hydrogen (secondary N) is 1. The smallest absolute Gasteiger partial charge is 0.254 e. The van der Waals surface area contributed by atoms with E-state index >= 15 is 0 Å². The van der Waals surface area contributed by atoms with E-state index < -0.39 is 11.7 Å². The second kappa shape index (κ2) is 6.95. The Labute approximate surface area is 138 Å². The van der Waals surface area contributed by atoms with Gasteiger partial charge in [0, 0.05) is 11.6 Å². The Balaban J connectivity index is 1.66. The molecule has 0 aliphatic carbocycles. The number of carbonyl (C=O) groups excluding carboxylic acids is 1. The second-order valence-electron chi connectivity index (χ2n) is 5.07. The number of hydrogen-bond acceptors (Lipinski definition) is 4. The van der Waals surface area contributed by atoms with Crippen LogP contribution >= 0.6 is 0 Å². The molecule has 122 valence electrons. The third-order valence-corrected chi connectivity index (χ3v) is 3.49. The van der Waals surface area contributed by atoms with Crippen LogP contribution in [0.25, 0.3) is 11.3 Å². The molecule has 1 N–H and O–H groups in total. The molecule has 0 spiro atoms. The van der Waals surface area contributed by atoms with Crippen LogP contribution in [-0.2, 0) is 6.54 Å². The van der Waals surface area contributed by atoms with Crippen molar-refractivity contribution in [3.8, 4) is 17.0 Å². The zero-order valence-electron chi connectivity index (χ0n) is 13.0. The number of halogens is 1. The van der Waals surface area contributed by atoms with Crippen LogP contribution in [-0.4, -0.2) is 18.2 Å². The summed E-state index contributed by atoms with van der Waals surface area (Å²) in [6, 6.07) is 14.9. The molecular weight excluding hydrogens is 311 g/mol. The Hall–Kier alpha value is -3.15. The third kappa shape index (κ3) is 3.43. The normalized spacial score (nSPS) is 10.4. The van der Waals surface area contributed by atoms with Crippen molar-refractivity contribution in [1.82, 2.24) is 10.5 Å². The molecule has 1 heterocycles. The fourth-order valence-corrected chi connectivity index (χ4v) is 2.20. The summed E-state index contributed by atoms with van der Waals surface area (Å²) in [5.74, 6) is 0.159. The quantitative estimate of drug-likeness (QED) is 0.780. The molecule has 0 atom stereocenters. The number of amides is 1. The lowest BCUT2D eigenvalue weighted by molar-refractivity contribution is 0.0943. The molecular formula is C18H15FN2O3. The highest BCUT2D eigenvalue weighted by Crippen LogP contribution is 2.22. The molecule has 6 heteroatoms. The first-order valence-electron chi connectivity index (χ1n) is 7.30. The van der Waals surface area contributed by atoms with Crippen LogP contribution in [0, 0.1) is 5.82 Å².